The Morgan fingerprint density at radius 3 is 2.50 bits per heavy atom. The van der Waals surface area contributed by atoms with Crippen molar-refractivity contribution < 1.29 is 9.18 Å². The Hall–Kier alpha value is -3.47. The summed E-state index contributed by atoms with van der Waals surface area (Å²) in [6, 6.07) is 22.2. The summed E-state index contributed by atoms with van der Waals surface area (Å²) in [5.41, 5.74) is 8.65. The lowest BCUT2D eigenvalue weighted by Gasteiger charge is -2.26. The fourth-order valence-corrected chi connectivity index (χ4v) is 3.63. The quantitative estimate of drug-likeness (QED) is 0.763. The highest BCUT2D eigenvalue weighted by Crippen LogP contribution is 2.40. The van der Waals surface area contributed by atoms with Crippen molar-refractivity contribution in [1.82, 2.24) is 4.90 Å². The van der Waals surface area contributed by atoms with Crippen LogP contribution in [-0.4, -0.2) is 23.8 Å². The first-order chi connectivity index (χ1) is 13.4. The van der Waals surface area contributed by atoms with Crippen LogP contribution in [0, 0.1) is 18.8 Å². The molecule has 1 aliphatic heterocycles. The second-order valence-electron chi connectivity index (χ2n) is 6.87. The predicted octanol–water partition coefficient (Wildman–Crippen LogP) is 3.63. The van der Waals surface area contributed by atoms with Crippen molar-refractivity contribution in [3.63, 3.8) is 0 Å². The van der Waals surface area contributed by atoms with Gasteiger partial charge in [0.2, 0.25) is 0 Å². The fraction of sp³-hybridized carbons (Fsp3) is 0.130. The first-order valence-corrected chi connectivity index (χ1v) is 8.90. The van der Waals surface area contributed by atoms with E-state index in [1.807, 2.05) is 43.3 Å². The summed E-state index contributed by atoms with van der Waals surface area (Å²) in [7, 11) is 1.61. The molecular weight excluding hydrogens is 353 g/mol. The summed E-state index contributed by atoms with van der Waals surface area (Å²) in [4.78, 5) is 19.2. The van der Waals surface area contributed by atoms with Gasteiger partial charge in [-0.2, -0.15) is 0 Å². The van der Waals surface area contributed by atoms with Crippen LogP contribution >= 0.6 is 0 Å². The number of likely N-dealkylation sites (N-methyl/N-ethyl adjacent to an activating group) is 1. The van der Waals surface area contributed by atoms with Crippen LogP contribution in [0.15, 0.2) is 71.7 Å². The highest BCUT2D eigenvalue weighted by Gasteiger charge is 2.49. The molecule has 4 nitrogen and oxygen atoms in total. The smallest absolute Gasteiger partial charge is 0.266 e. The van der Waals surface area contributed by atoms with Crippen LogP contribution in [0.1, 0.15) is 16.7 Å². The zero-order valence-corrected chi connectivity index (χ0v) is 15.6. The average Bonchev–Trinajstić information content (AvgIpc) is 2.95. The maximum Gasteiger partial charge on any atom is 0.266 e. The number of nitrogens with two attached hydrogens (primary N) is 1. The van der Waals surface area contributed by atoms with Crippen molar-refractivity contribution in [3.8, 4) is 11.1 Å². The summed E-state index contributed by atoms with van der Waals surface area (Å²) in [5, 5.41) is 0. The van der Waals surface area contributed by atoms with Crippen LogP contribution in [0.3, 0.4) is 0 Å². The number of aliphatic imine (C=N–C) groups is 1. The molecule has 1 aliphatic rings. The lowest BCUT2D eigenvalue weighted by molar-refractivity contribution is -0.129. The van der Waals surface area contributed by atoms with Crippen LogP contribution in [0.4, 0.5) is 4.39 Å². The minimum Gasteiger partial charge on any atom is -0.369 e. The maximum absolute atomic E-state index is 13.8. The minimum absolute atomic E-state index is 0.158. The van der Waals surface area contributed by atoms with E-state index in [1.54, 1.807) is 25.2 Å². The van der Waals surface area contributed by atoms with E-state index in [4.69, 9.17) is 5.73 Å². The van der Waals surface area contributed by atoms with E-state index in [1.165, 1.54) is 17.0 Å². The number of nitrogens with zero attached hydrogens (tertiary/aromatic N) is 2. The van der Waals surface area contributed by atoms with Gasteiger partial charge in [0.25, 0.3) is 5.91 Å². The number of carbonyl (C=O) groups is 1. The zero-order chi connectivity index (χ0) is 19.9. The van der Waals surface area contributed by atoms with E-state index in [0.717, 1.165) is 16.7 Å². The molecule has 3 aromatic rings. The molecule has 1 radical (unpaired) electrons. The van der Waals surface area contributed by atoms with Gasteiger partial charge in [-0.1, -0.05) is 48.5 Å². The molecule has 1 heterocycles. The third-order valence-electron chi connectivity index (χ3n) is 5.17. The van der Waals surface area contributed by atoms with Gasteiger partial charge in [0.05, 0.1) is 0 Å². The average molecular weight is 372 g/mol. The van der Waals surface area contributed by atoms with E-state index in [0.29, 0.717) is 11.1 Å². The Morgan fingerprint density at radius 2 is 1.82 bits per heavy atom. The Kier molecular flexibility index (Phi) is 4.23. The fourth-order valence-electron chi connectivity index (χ4n) is 3.63. The molecule has 0 saturated carbocycles. The number of hydrogen-bond acceptors (Lipinski definition) is 3. The first kappa shape index (κ1) is 17.9. The van der Waals surface area contributed by atoms with E-state index in [-0.39, 0.29) is 17.7 Å². The van der Waals surface area contributed by atoms with Crippen LogP contribution in [0.5, 0.6) is 0 Å². The number of guanidine groups is 1. The second-order valence-corrected chi connectivity index (χ2v) is 6.87. The van der Waals surface area contributed by atoms with Gasteiger partial charge in [-0.05, 0) is 59.0 Å². The molecule has 0 spiro atoms. The molecule has 3 aromatic carbocycles. The number of hydrogen-bond donors (Lipinski definition) is 1. The van der Waals surface area contributed by atoms with E-state index in [2.05, 4.69) is 11.1 Å². The van der Waals surface area contributed by atoms with E-state index in [9.17, 15) is 9.18 Å². The Bertz CT molecular complexity index is 1090. The minimum atomic E-state index is -1.27. The Morgan fingerprint density at radius 1 is 1.07 bits per heavy atom. The molecular formula is C23H19FN3O. The van der Waals surface area contributed by atoms with Gasteiger partial charge in [-0.15, -0.1) is 0 Å². The normalized spacial score (nSPS) is 19.0. The molecule has 2 N–H and O–H groups in total. The number of aryl methyl sites for hydroxylation is 1. The van der Waals surface area contributed by atoms with Gasteiger partial charge < -0.3 is 5.73 Å². The molecule has 0 saturated heterocycles. The van der Waals surface area contributed by atoms with Crippen molar-refractivity contribution in [2.24, 2.45) is 10.7 Å². The molecule has 4 rings (SSSR count). The number of carbonyl (C=O) groups excluding carboxylic acids is 1. The Labute approximate surface area is 163 Å². The number of benzene rings is 3. The van der Waals surface area contributed by atoms with Crippen molar-refractivity contribution in [2.75, 3.05) is 7.05 Å². The summed E-state index contributed by atoms with van der Waals surface area (Å²) < 4.78 is 13.8. The molecule has 1 unspecified atom stereocenters. The summed E-state index contributed by atoms with van der Waals surface area (Å²) in [5.74, 6) is -0.382. The summed E-state index contributed by atoms with van der Waals surface area (Å²) >= 11 is 0. The van der Waals surface area contributed by atoms with Crippen molar-refractivity contribution in [3.05, 3.63) is 95.3 Å². The molecule has 0 aromatic heterocycles. The molecule has 0 bridgehead atoms. The molecule has 28 heavy (non-hydrogen) atoms. The lowest BCUT2D eigenvalue weighted by atomic mass is 9.81. The van der Waals surface area contributed by atoms with E-state index < -0.39 is 5.54 Å². The van der Waals surface area contributed by atoms with Gasteiger partial charge in [-0.3, -0.25) is 9.69 Å². The van der Waals surface area contributed by atoms with Gasteiger partial charge >= 0.3 is 0 Å². The van der Waals surface area contributed by atoms with Crippen LogP contribution in [0.25, 0.3) is 11.1 Å². The summed E-state index contributed by atoms with van der Waals surface area (Å²) in [6.07, 6.45) is 0. The van der Waals surface area contributed by atoms with Gasteiger partial charge in [0.1, 0.15) is 5.82 Å². The highest BCUT2D eigenvalue weighted by molar-refractivity contribution is 6.09. The predicted molar refractivity (Wildman–Crippen MR) is 107 cm³/mol. The third-order valence-corrected chi connectivity index (χ3v) is 5.17. The molecule has 1 amide bonds. The number of rotatable bonds is 3. The zero-order valence-electron chi connectivity index (χ0n) is 15.6. The highest BCUT2D eigenvalue weighted by atomic mass is 19.1. The van der Waals surface area contributed by atoms with Crippen molar-refractivity contribution in [2.45, 2.75) is 12.5 Å². The summed E-state index contributed by atoms with van der Waals surface area (Å²) in [6.45, 7) is 1.93. The first-order valence-electron chi connectivity index (χ1n) is 8.90. The van der Waals surface area contributed by atoms with Gasteiger partial charge in [0.15, 0.2) is 11.5 Å². The second kappa shape index (κ2) is 6.60. The maximum atomic E-state index is 13.8. The topological polar surface area (TPSA) is 58.7 Å². The Balaban J connectivity index is 1.95. The van der Waals surface area contributed by atoms with Crippen molar-refractivity contribution in [1.29, 1.82) is 0 Å². The van der Waals surface area contributed by atoms with Crippen molar-refractivity contribution >= 4 is 11.9 Å². The van der Waals surface area contributed by atoms with Crippen LogP contribution in [0.2, 0.25) is 0 Å². The molecule has 1 atom stereocenters. The lowest BCUT2D eigenvalue weighted by Crippen LogP contribution is -2.41. The standard InChI is InChI=1S/C23H19FN3O/c1-15-11-12-19(24)14-20(15)16-7-6-10-18(13-16)23(17-8-4-3-5-9-17)21(28)27(2)22(25)26-23/h4-14H,1-2H3,(H2,25,26). The molecule has 0 fully saturated rings. The molecule has 0 aliphatic carbocycles. The monoisotopic (exact) mass is 372 g/mol. The van der Waals surface area contributed by atoms with E-state index >= 15 is 0 Å². The van der Waals surface area contributed by atoms with Gasteiger partial charge in [-0.25, -0.2) is 9.38 Å². The van der Waals surface area contributed by atoms with Gasteiger partial charge in [0, 0.05) is 7.05 Å². The largest absolute Gasteiger partial charge is 0.369 e. The SMILES string of the molecule is Cc1ccc(F)cc1-c1cccc(C2(c3cc[c]cc3)N=C(N)N(C)C2=O)c1. The van der Waals surface area contributed by atoms with Crippen LogP contribution in [-0.2, 0) is 10.3 Å². The number of halogens is 1. The molecule has 139 valence electrons. The molecule has 5 heteroatoms. The number of amides is 1. The third kappa shape index (κ3) is 2.67. The van der Waals surface area contributed by atoms with Crippen LogP contribution < -0.4 is 5.73 Å².